The van der Waals surface area contributed by atoms with Gasteiger partial charge in [0.2, 0.25) is 0 Å². The van der Waals surface area contributed by atoms with E-state index in [-0.39, 0.29) is 12.5 Å². The summed E-state index contributed by atoms with van der Waals surface area (Å²) in [5.41, 5.74) is 4.55. The molecular formula is C14H20N4O. The Bertz CT molecular complexity index is 602. The second-order valence-electron chi connectivity index (χ2n) is 5.08. The zero-order chi connectivity index (χ0) is 14.2. The molecule has 0 bridgehead atoms. The van der Waals surface area contributed by atoms with Gasteiger partial charge in [0.1, 0.15) is 11.5 Å². The first-order chi connectivity index (χ1) is 8.95. The van der Waals surface area contributed by atoms with Crippen LogP contribution in [0, 0.1) is 20.8 Å². The van der Waals surface area contributed by atoms with E-state index in [0.717, 1.165) is 28.5 Å². The quantitative estimate of drug-likeness (QED) is 0.919. The normalized spacial score (nSPS) is 11.3. The third-order valence-corrected chi connectivity index (χ3v) is 3.41. The summed E-state index contributed by atoms with van der Waals surface area (Å²) < 4.78 is 1.81. The summed E-state index contributed by atoms with van der Waals surface area (Å²) in [6, 6.07) is 0. The van der Waals surface area contributed by atoms with Gasteiger partial charge in [0, 0.05) is 11.6 Å². The smallest absolute Gasteiger partial charge is 0.131 e. The van der Waals surface area contributed by atoms with Crippen molar-refractivity contribution in [3.8, 4) is 5.69 Å². The third-order valence-electron chi connectivity index (χ3n) is 3.41. The van der Waals surface area contributed by atoms with E-state index in [1.54, 1.807) is 10.9 Å². The molecule has 2 rings (SSSR count). The lowest BCUT2D eigenvalue weighted by atomic mass is 10.2. The fourth-order valence-electron chi connectivity index (χ4n) is 1.95. The molecule has 0 unspecified atom stereocenters. The molecule has 19 heavy (non-hydrogen) atoms. The van der Waals surface area contributed by atoms with Crippen molar-refractivity contribution in [1.82, 2.24) is 19.7 Å². The van der Waals surface area contributed by atoms with Gasteiger partial charge in [-0.05, 0) is 26.3 Å². The van der Waals surface area contributed by atoms with E-state index in [1.807, 2.05) is 34.6 Å². The Labute approximate surface area is 113 Å². The van der Waals surface area contributed by atoms with Crippen LogP contribution in [0.3, 0.4) is 0 Å². The monoisotopic (exact) mass is 260 g/mol. The minimum absolute atomic E-state index is 0.116. The number of aromatic nitrogens is 4. The van der Waals surface area contributed by atoms with E-state index >= 15 is 0 Å². The van der Waals surface area contributed by atoms with Crippen molar-refractivity contribution in [3.63, 3.8) is 0 Å². The molecule has 2 aromatic rings. The first-order valence-electron chi connectivity index (χ1n) is 6.45. The lowest BCUT2D eigenvalue weighted by molar-refractivity contribution is 0.275. The molecule has 0 saturated heterocycles. The summed E-state index contributed by atoms with van der Waals surface area (Å²) >= 11 is 0. The second-order valence-corrected chi connectivity index (χ2v) is 5.08. The zero-order valence-corrected chi connectivity index (χ0v) is 12.1. The average Bonchev–Trinajstić information content (AvgIpc) is 2.65. The minimum atomic E-state index is -0.116. The topological polar surface area (TPSA) is 63.8 Å². The first-order valence-corrected chi connectivity index (χ1v) is 6.45. The molecule has 0 saturated carbocycles. The van der Waals surface area contributed by atoms with Gasteiger partial charge in [0.25, 0.3) is 0 Å². The number of hydrogen-bond acceptors (Lipinski definition) is 4. The van der Waals surface area contributed by atoms with Crippen LogP contribution in [-0.2, 0) is 6.61 Å². The molecule has 0 atom stereocenters. The summed E-state index contributed by atoms with van der Waals surface area (Å²) in [4.78, 5) is 8.79. The Balaban J connectivity index is 2.58. The Morgan fingerprint density at radius 3 is 2.42 bits per heavy atom. The minimum Gasteiger partial charge on any atom is -0.390 e. The number of aliphatic hydroxyl groups is 1. The van der Waals surface area contributed by atoms with E-state index in [9.17, 15) is 5.11 Å². The third kappa shape index (κ3) is 2.38. The zero-order valence-electron chi connectivity index (χ0n) is 12.1. The molecule has 0 aliphatic rings. The van der Waals surface area contributed by atoms with E-state index in [2.05, 4.69) is 15.1 Å². The van der Waals surface area contributed by atoms with Gasteiger partial charge < -0.3 is 5.11 Å². The lowest BCUT2D eigenvalue weighted by Gasteiger charge is -2.11. The van der Waals surface area contributed by atoms with Crippen LogP contribution in [-0.4, -0.2) is 24.9 Å². The molecule has 102 valence electrons. The average molecular weight is 260 g/mol. The predicted molar refractivity (Wildman–Crippen MR) is 73.4 cm³/mol. The van der Waals surface area contributed by atoms with Gasteiger partial charge in [-0.15, -0.1) is 0 Å². The van der Waals surface area contributed by atoms with E-state index in [0.29, 0.717) is 5.69 Å². The number of rotatable bonds is 3. The van der Waals surface area contributed by atoms with Crippen LogP contribution >= 0.6 is 0 Å². The first kappa shape index (κ1) is 13.7. The highest BCUT2D eigenvalue weighted by Gasteiger charge is 2.15. The SMILES string of the molecule is Cc1nn(-c2cnc(C(C)C)nc2CO)c(C)c1C. The maximum absolute atomic E-state index is 9.52. The van der Waals surface area contributed by atoms with Gasteiger partial charge in [-0.2, -0.15) is 5.10 Å². The molecule has 0 radical (unpaired) electrons. The summed E-state index contributed by atoms with van der Waals surface area (Å²) in [5.74, 6) is 0.979. The van der Waals surface area contributed by atoms with Crippen molar-refractivity contribution in [2.75, 3.05) is 0 Å². The Morgan fingerprint density at radius 2 is 1.95 bits per heavy atom. The number of hydrogen-bond donors (Lipinski definition) is 1. The van der Waals surface area contributed by atoms with Crippen molar-refractivity contribution >= 4 is 0 Å². The van der Waals surface area contributed by atoms with Gasteiger partial charge >= 0.3 is 0 Å². The highest BCUT2D eigenvalue weighted by atomic mass is 16.3. The Morgan fingerprint density at radius 1 is 1.26 bits per heavy atom. The predicted octanol–water partition coefficient (Wildman–Crippen LogP) is 2.20. The maximum atomic E-state index is 9.52. The van der Waals surface area contributed by atoms with Crippen molar-refractivity contribution in [2.24, 2.45) is 0 Å². The highest BCUT2D eigenvalue weighted by Crippen LogP contribution is 2.20. The molecule has 1 N–H and O–H groups in total. The number of nitrogens with zero attached hydrogens (tertiary/aromatic N) is 4. The van der Waals surface area contributed by atoms with Crippen LogP contribution in [0.25, 0.3) is 5.69 Å². The van der Waals surface area contributed by atoms with E-state index in [4.69, 9.17) is 0 Å². The van der Waals surface area contributed by atoms with Crippen LogP contribution in [0.1, 0.15) is 48.2 Å². The van der Waals surface area contributed by atoms with Crippen LogP contribution in [0.15, 0.2) is 6.20 Å². The van der Waals surface area contributed by atoms with Gasteiger partial charge in [0.05, 0.1) is 24.2 Å². The summed E-state index contributed by atoms with van der Waals surface area (Å²) in [5, 5.41) is 14.0. The van der Waals surface area contributed by atoms with E-state index < -0.39 is 0 Å². The van der Waals surface area contributed by atoms with Gasteiger partial charge in [-0.25, -0.2) is 14.6 Å². The summed E-state index contributed by atoms with van der Waals surface area (Å²) in [6.07, 6.45) is 1.74. The molecular weight excluding hydrogens is 240 g/mol. The standard InChI is InChI=1S/C14H20N4O/c1-8(2)14-15-6-13(12(7-19)16-14)18-11(5)9(3)10(4)17-18/h6,8,19H,7H2,1-5H3. The summed E-state index contributed by atoms with van der Waals surface area (Å²) in [7, 11) is 0. The van der Waals surface area contributed by atoms with Crippen molar-refractivity contribution in [2.45, 2.75) is 47.1 Å². The maximum Gasteiger partial charge on any atom is 0.131 e. The largest absolute Gasteiger partial charge is 0.390 e. The lowest BCUT2D eigenvalue weighted by Crippen LogP contribution is -2.10. The molecule has 0 aliphatic heterocycles. The molecule has 2 aromatic heterocycles. The van der Waals surface area contributed by atoms with Crippen LogP contribution < -0.4 is 0 Å². The molecule has 0 aliphatic carbocycles. The molecule has 5 nitrogen and oxygen atoms in total. The fraction of sp³-hybridized carbons (Fsp3) is 0.500. The number of aliphatic hydroxyl groups excluding tert-OH is 1. The summed E-state index contributed by atoms with van der Waals surface area (Å²) in [6.45, 7) is 9.96. The second kappa shape index (κ2) is 5.09. The molecule has 0 aromatic carbocycles. The van der Waals surface area contributed by atoms with E-state index in [1.165, 1.54) is 0 Å². The Hall–Kier alpha value is -1.75. The van der Waals surface area contributed by atoms with Crippen LogP contribution in [0.5, 0.6) is 0 Å². The van der Waals surface area contributed by atoms with Gasteiger partial charge in [0.15, 0.2) is 0 Å². The van der Waals surface area contributed by atoms with Crippen molar-refractivity contribution < 1.29 is 5.11 Å². The van der Waals surface area contributed by atoms with Crippen molar-refractivity contribution in [1.29, 1.82) is 0 Å². The van der Waals surface area contributed by atoms with Crippen LogP contribution in [0.2, 0.25) is 0 Å². The van der Waals surface area contributed by atoms with Crippen LogP contribution in [0.4, 0.5) is 0 Å². The Kier molecular flexibility index (Phi) is 3.66. The number of aryl methyl sites for hydroxylation is 1. The molecule has 0 spiro atoms. The molecule has 0 amide bonds. The molecule has 0 fully saturated rings. The highest BCUT2D eigenvalue weighted by molar-refractivity contribution is 5.38. The molecule has 5 heteroatoms. The van der Waals surface area contributed by atoms with Gasteiger partial charge in [-0.3, -0.25) is 0 Å². The van der Waals surface area contributed by atoms with Crippen molar-refractivity contribution in [3.05, 3.63) is 34.7 Å². The fourth-order valence-corrected chi connectivity index (χ4v) is 1.95. The molecule has 2 heterocycles. The van der Waals surface area contributed by atoms with Gasteiger partial charge in [-0.1, -0.05) is 13.8 Å².